The summed E-state index contributed by atoms with van der Waals surface area (Å²) in [5.74, 6) is -1.71. The molecule has 0 radical (unpaired) electrons. The molecule has 23 heavy (non-hydrogen) atoms. The molecule has 0 saturated heterocycles. The zero-order chi connectivity index (χ0) is 17.0. The van der Waals surface area contributed by atoms with Crippen LogP contribution in [0.25, 0.3) is 11.1 Å². The largest absolute Gasteiger partial charge is 0.507 e. The summed E-state index contributed by atoms with van der Waals surface area (Å²) in [4.78, 5) is 15.6. The molecule has 0 aromatic heterocycles. The summed E-state index contributed by atoms with van der Waals surface area (Å²) in [5, 5.41) is 28.3. The predicted molar refractivity (Wildman–Crippen MR) is 83.1 cm³/mol. The van der Waals surface area contributed by atoms with Crippen molar-refractivity contribution in [3.8, 4) is 29.0 Å². The van der Waals surface area contributed by atoms with Gasteiger partial charge in [0.15, 0.2) is 5.96 Å². The normalized spacial score (nSPS) is 9.48. The van der Waals surface area contributed by atoms with Gasteiger partial charge >= 0.3 is 0 Å². The molecule has 0 fully saturated rings. The molecule has 112 valence electrons. The van der Waals surface area contributed by atoms with E-state index in [-0.39, 0.29) is 22.4 Å². The Morgan fingerprint density at radius 2 is 1.87 bits per heavy atom. The number of aromatic hydroxyl groups is 1. The van der Waals surface area contributed by atoms with Crippen LogP contribution in [0.15, 0.2) is 41.4 Å². The van der Waals surface area contributed by atoms with Gasteiger partial charge in [-0.1, -0.05) is 12.1 Å². The SMILES string of the molecule is N#Cc1cccc(-c2c(C#N)ccc(O)c2C(=O)N=C(N)N)c1. The third-order valence-electron chi connectivity index (χ3n) is 3.03. The highest BCUT2D eigenvalue weighted by atomic mass is 16.3. The Kier molecular flexibility index (Phi) is 4.25. The molecule has 0 unspecified atom stereocenters. The molecule has 7 nitrogen and oxygen atoms in total. The number of nitrogens with zero attached hydrogens (tertiary/aromatic N) is 3. The summed E-state index contributed by atoms with van der Waals surface area (Å²) in [6.45, 7) is 0. The van der Waals surface area contributed by atoms with E-state index < -0.39 is 11.9 Å². The quantitative estimate of drug-likeness (QED) is 0.560. The number of rotatable bonds is 2. The van der Waals surface area contributed by atoms with Crippen LogP contribution in [-0.4, -0.2) is 17.0 Å². The maximum Gasteiger partial charge on any atom is 0.284 e. The van der Waals surface area contributed by atoms with Gasteiger partial charge in [0.1, 0.15) is 5.75 Å². The lowest BCUT2D eigenvalue weighted by molar-refractivity contribution is 0.100. The zero-order valence-electron chi connectivity index (χ0n) is 11.8. The van der Waals surface area contributed by atoms with E-state index in [0.717, 1.165) is 0 Å². The van der Waals surface area contributed by atoms with E-state index in [0.29, 0.717) is 11.1 Å². The van der Waals surface area contributed by atoms with Crippen LogP contribution in [0.2, 0.25) is 0 Å². The van der Waals surface area contributed by atoms with Gasteiger partial charge in [0.25, 0.3) is 5.91 Å². The van der Waals surface area contributed by atoms with Crippen LogP contribution in [-0.2, 0) is 0 Å². The molecule has 0 aliphatic rings. The summed E-state index contributed by atoms with van der Waals surface area (Å²) in [6.07, 6.45) is 0. The molecular weight excluding hydrogens is 294 g/mol. The van der Waals surface area contributed by atoms with Crippen molar-refractivity contribution in [3.63, 3.8) is 0 Å². The van der Waals surface area contributed by atoms with E-state index in [2.05, 4.69) is 4.99 Å². The number of phenolic OH excluding ortho intramolecular Hbond substituents is 1. The molecule has 2 rings (SSSR count). The lowest BCUT2D eigenvalue weighted by Gasteiger charge is -2.11. The zero-order valence-corrected chi connectivity index (χ0v) is 11.8. The fourth-order valence-electron chi connectivity index (χ4n) is 2.12. The Bertz CT molecular complexity index is 900. The molecular formula is C16H11N5O2. The highest BCUT2D eigenvalue weighted by Crippen LogP contribution is 2.34. The second-order valence-electron chi connectivity index (χ2n) is 4.53. The van der Waals surface area contributed by atoms with Gasteiger partial charge in [-0.05, 0) is 29.8 Å². The second-order valence-corrected chi connectivity index (χ2v) is 4.53. The minimum absolute atomic E-state index is 0.145. The van der Waals surface area contributed by atoms with Crippen molar-refractivity contribution in [1.29, 1.82) is 10.5 Å². The number of aliphatic imine (C=N–C) groups is 1. The fourth-order valence-corrected chi connectivity index (χ4v) is 2.12. The van der Waals surface area contributed by atoms with Crippen molar-refractivity contribution in [2.75, 3.05) is 0 Å². The number of carbonyl (C=O) groups is 1. The van der Waals surface area contributed by atoms with Gasteiger partial charge in [0.05, 0.1) is 28.8 Å². The van der Waals surface area contributed by atoms with Crippen molar-refractivity contribution in [2.45, 2.75) is 0 Å². The molecule has 0 spiro atoms. The lowest BCUT2D eigenvalue weighted by atomic mass is 9.92. The number of benzene rings is 2. The number of phenols is 1. The fraction of sp³-hybridized carbons (Fsp3) is 0. The number of guanidine groups is 1. The second kappa shape index (κ2) is 6.29. The molecule has 0 aliphatic carbocycles. The summed E-state index contributed by atoms with van der Waals surface area (Å²) in [6, 6.07) is 12.8. The Balaban J connectivity index is 2.82. The topological polar surface area (TPSA) is 149 Å². The smallest absolute Gasteiger partial charge is 0.284 e. The minimum atomic E-state index is -0.878. The molecule has 7 heteroatoms. The molecule has 0 bridgehead atoms. The third kappa shape index (κ3) is 3.09. The Morgan fingerprint density at radius 3 is 2.48 bits per heavy atom. The Morgan fingerprint density at radius 1 is 1.13 bits per heavy atom. The van der Waals surface area contributed by atoms with E-state index in [1.165, 1.54) is 18.2 Å². The van der Waals surface area contributed by atoms with Crippen molar-refractivity contribution in [3.05, 3.63) is 53.1 Å². The van der Waals surface area contributed by atoms with Crippen LogP contribution in [0.1, 0.15) is 21.5 Å². The van der Waals surface area contributed by atoms with Crippen LogP contribution < -0.4 is 11.5 Å². The van der Waals surface area contributed by atoms with Gasteiger partial charge in [0.2, 0.25) is 0 Å². The van der Waals surface area contributed by atoms with Gasteiger partial charge in [-0.25, -0.2) is 0 Å². The van der Waals surface area contributed by atoms with Crippen LogP contribution in [0.4, 0.5) is 0 Å². The number of hydrogen-bond acceptors (Lipinski definition) is 4. The van der Waals surface area contributed by atoms with Crippen molar-refractivity contribution < 1.29 is 9.90 Å². The van der Waals surface area contributed by atoms with Crippen LogP contribution in [0, 0.1) is 22.7 Å². The lowest BCUT2D eigenvalue weighted by Crippen LogP contribution is -2.24. The van der Waals surface area contributed by atoms with E-state index in [1.54, 1.807) is 18.2 Å². The third-order valence-corrected chi connectivity index (χ3v) is 3.03. The summed E-state index contributed by atoms with van der Waals surface area (Å²) in [5.41, 5.74) is 11.3. The van der Waals surface area contributed by atoms with Gasteiger partial charge in [-0.3, -0.25) is 4.79 Å². The average molecular weight is 305 g/mol. The van der Waals surface area contributed by atoms with Crippen LogP contribution in [0.3, 0.4) is 0 Å². The van der Waals surface area contributed by atoms with E-state index in [1.807, 2.05) is 12.1 Å². The maximum atomic E-state index is 12.2. The molecule has 0 saturated carbocycles. The molecule has 0 aliphatic heterocycles. The Hall–Kier alpha value is -3.84. The monoisotopic (exact) mass is 305 g/mol. The van der Waals surface area contributed by atoms with E-state index >= 15 is 0 Å². The molecule has 0 atom stereocenters. The molecule has 2 aromatic carbocycles. The van der Waals surface area contributed by atoms with Gasteiger partial charge < -0.3 is 16.6 Å². The number of amides is 1. The van der Waals surface area contributed by atoms with Crippen molar-refractivity contribution >= 4 is 11.9 Å². The summed E-state index contributed by atoms with van der Waals surface area (Å²) in [7, 11) is 0. The molecule has 0 heterocycles. The first kappa shape index (κ1) is 15.5. The van der Waals surface area contributed by atoms with Crippen molar-refractivity contribution in [1.82, 2.24) is 0 Å². The van der Waals surface area contributed by atoms with E-state index in [4.69, 9.17) is 16.7 Å². The molecule has 5 N–H and O–H groups in total. The predicted octanol–water partition coefficient (Wildman–Crippen LogP) is 1.22. The van der Waals surface area contributed by atoms with E-state index in [9.17, 15) is 15.2 Å². The van der Waals surface area contributed by atoms with Crippen molar-refractivity contribution in [2.24, 2.45) is 16.5 Å². The minimum Gasteiger partial charge on any atom is -0.507 e. The number of nitriles is 2. The number of carbonyl (C=O) groups excluding carboxylic acids is 1. The van der Waals surface area contributed by atoms with Crippen LogP contribution in [0.5, 0.6) is 5.75 Å². The van der Waals surface area contributed by atoms with Crippen LogP contribution >= 0.6 is 0 Å². The molecule has 2 aromatic rings. The average Bonchev–Trinajstić information content (AvgIpc) is 2.53. The van der Waals surface area contributed by atoms with Gasteiger partial charge in [0, 0.05) is 5.56 Å². The number of nitrogens with two attached hydrogens (primary N) is 2. The highest BCUT2D eigenvalue weighted by molar-refractivity contribution is 6.09. The summed E-state index contributed by atoms with van der Waals surface area (Å²) >= 11 is 0. The molecule has 1 amide bonds. The Labute approximate surface area is 131 Å². The highest BCUT2D eigenvalue weighted by Gasteiger charge is 2.21. The first-order chi connectivity index (χ1) is 11.0. The first-order valence-corrected chi connectivity index (χ1v) is 6.38. The standard InChI is InChI=1S/C16H11N5O2/c17-7-9-2-1-3-10(6-9)13-11(8-18)4-5-12(22)14(13)15(23)21-16(19)20/h1-6,22H,(H4,19,20,21,23). The maximum absolute atomic E-state index is 12.2. The first-order valence-electron chi connectivity index (χ1n) is 6.38. The number of hydrogen-bond donors (Lipinski definition) is 3. The summed E-state index contributed by atoms with van der Waals surface area (Å²) < 4.78 is 0. The van der Waals surface area contributed by atoms with Gasteiger partial charge in [-0.2, -0.15) is 15.5 Å². The van der Waals surface area contributed by atoms with Gasteiger partial charge in [-0.15, -0.1) is 0 Å².